The number of fused-ring (bicyclic) bond motifs is 7. The standard InChI is InChI=1S/C47H29N/c1-2-11-31(12-3-1)48(32-23-20-30(21-24-32)44-42-26-22-29-10-4-5-13-34(29)47(42)44)33-25-27-36-39-17-9-18-40-41-19-8-16-38(46(41)43(36)28-33)35-14-6-7-15-37(35)45(39)40/h1-28,42H. The van der Waals surface area contributed by atoms with Gasteiger partial charge in [0, 0.05) is 23.0 Å². The van der Waals surface area contributed by atoms with E-state index in [1.165, 1.54) is 83.5 Å². The summed E-state index contributed by atoms with van der Waals surface area (Å²) in [5.41, 5.74) is 23.5. The van der Waals surface area contributed by atoms with Crippen molar-refractivity contribution in [1.82, 2.24) is 0 Å². The average Bonchev–Trinajstić information content (AvgIpc) is 3.91. The van der Waals surface area contributed by atoms with E-state index in [-0.39, 0.29) is 0 Å². The predicted octanol–water partition coefficient (Wildman–Crippen LogP) is 12.7. The first-order valence-corrected chi connectivity index (χ1v) is 16.8. The van der Waals surface area contributed by atoms with E-state index in [2.05, 4.69) is 175 Å². The van der Waals surface area contributed by atoms with Crippen molar-refractivity contribution in [2.75, 3.05) is 4.90 Å². The van der Waals surface area contributed by atoms with Crippen LogP contribution < -0.4 is 4.90 Å². The summed E-state index contributed by atoms with van der Waals surface area (Å²) in [4.78, 5) is 2.40. The minimum absolute atomic E-state index is 0.432. The van der Waals surface area contributed by atoms with E-state index in [1.807, 2.05) is 0 Å². The van der Waals surface area contributed by atoms with Gasteiger partial charge in [0.05, 0.1) is 0 Å². The fourth-order valence-electron chi connectivity index (χ4n) is 8.61. The van der Waals surface area contributed by atoms with E-state index in [0.29, 0.717) is 5.92 Å². The van der Waals surface area contributed by atoms with Crippen LogP contribution in [0.3, 0.4) is 0 Å². The molecule has 7 aromatic rings. The summed E-state index contributed by atoms with van der Waals surface area (Å²) >= 11 is 0. The van der Waals surface area contributed by atoms with Crippen LogP contribution in [0.5, 0.6) is 0 Å². The van der Waals surface area contributed by atoms with Crippen molar-refractivity contribution in [2.45, 2.75) is 0 Å². The molecule has 1 heteroatoms. The molecule has 0 saturated heterocycles. The smallest absolute Gasteiger partial charge is 0.0468 e. The summed E-state index contributed by atoms with van der Waals surface area (Å²) in [6, 6.07) is 58.4. The summed E-state index contributed by atoms with van der Waals surface area (Å²) in [6.45, 7) is 0. The largest absolute Gasteiger partial charge is 0.310 e. The van der Waals surface area contributed by atoms with Gasteiger partial charge in [-0.25, -0.2) is 0 Å². The third-order valence-electron chi connectivity index (χ3n) is 10.7. The molecule has 4 aliphatic rings. The van der Waals surface area contributed by atoms with Crippen molar-refractivity contribution < 1.29 is 0 Å². The number of hydrogen-bond acceptors (Lipinski definition) is 1. The van der Waals surface area contributed by atoms with E-state index < -0.39 is 0 Å². The minimum Gasteiger partial charge on any atom is -0.310 e. The Balaban J connectivity index is 1.08. The fraction of sp³-hybridized carbons (Fsp3) is 0.0213. The Morgan fingerprint density at radius 3 is 1.65 bits per heavy atom. The van der Waals surface area contributed by atoms with Crippen molar-refractivity contribution in [2.24, 2.45) is 5.92 Å². The monoisotopic (exact) mass is 607 g/mol. The van der Waals surface area contributed by atoms with Crippen molar-refractivity contribution in [1.29, 1.82) is 0 Å². The molecule has 222 valence electrons. The van der Waals surface area contributed by atoms with Gasteiger partial charge in [-0.05, 0) is 120 Å². The van der Waals surface area contributed by atoms with Crippen LogP contribution in [0.2, 0.25) is 0 Å². The van der Waals surface area contributed by atoms with Gasteiger partial charge in [-0.2, -0.15) is 0 Å². The molecule has 1 unspecified atom stereocenters. The van der Waals surface area contributed by atoms with Gasteiger partial charge in [0.1, 0.15) is 0 Å². The zero-order chi connectivity index (χ0) is 31.3. The van der Waals surface area contributed by atoms with Crippen LogP contribution >= 0.6 is 0 Å². The second-order valence-corrected chi connectivity index (χ2v) is 13.2. The van der Waals surface area contributed by atoms with E-state index in [0.717, 1.165) is 17.1 Å². The average molecular weight is 608 g/mol. The molecule has 0 saturated carbocycles. The third-order valence-corrected chi connectivity index (χ3v) is 10.7. The Labute approximate surface area is 280 Å². The summed E-state index contributed by atoms with van der Waals surface area (Å²) in [5.74, 6) is 0.432. The molecule has 0 fully saturated rings. The van der Waals surface area contributed by atoms with Crippen LogP contribution in [0.4, 0.5) is 17.1 Å². The first kappa shape index (κ1) is 25.9. The van der Waals surface area contributed by atoms with Crippen LogP contribution in [0.25, 0.3) is 72.9 Å². The molecular weight excluding hydrogens is 579 g/mol. The lowest BCUT2D eigenvalue weighted by molar-refractivity contribution is 1.25. The molecule has 48 heavy (non-hydrogen) atoms. The SMILES string of the molecule is C1=CC2C(c3ccc(N(c4ccccc4)c4ccc5c(c4)-c4c6cccc4-c4cccc-5c4-c4ccccc4-6)cc3)=C2c2ccccc21. The predicted molar refractivity (Wildman–Crippen MR) is 201 cm³/mol. The number of anilines is 3. The molecule has 11 rings (SSSR count). The molecule has 4 aliphatic carbocycles. The van der Waals surface area contributed by atoms with Crippen LogP contribution in [0, 0.1) is 5.92 Å². The molecule has 0 heterocycles. The van der Waals surface area contributed by atoms with Gasteiger partial charge >= 0.3 is 0 Å². The number of nitrogens with zero attached hydrogens (tertiary/aromatic N) is 1. The van der Waals surface area contributed by atoms with E-state index in [4.69, 9.17) is 0 Å². The second-order valence-electron chi connectivity index (χ2n) is 13.2. The van der Waals surface area contributed by atoms with Gasteiger partial charge in [0.25, 0.3) is 0 Å². The number of rotatable bonds is 4. The molecule has 0 radical (unpaired) electrons. The van der Waals surface area contributed by atoms with Crippen molar-refractivity contribution in [3.63, 3.8) is 0 Å². The number of benzene rings is 7. The summed E-state index contributed by atoms with van der Waals surface area (Å²) in [7, 11) is 0. The Morgan fingerprint density at radius 2 is 0.896 bits per heavy atom. The van der Waals surface area contributed by atoms with Crippen LogP contribution in [-0.4, -0.2) is 0 Å². The zero-order valence-corrected chi connectivity index (χ0v) is 26.2. The van der Waals surface area contributed by atoms with Crippen molar-refractivity contribution >= 4 is 34.3 Å². The Kier molecular flexibility index (Phi) is 5.23. The number of hydrogen-bond donors (Lipinski definition) is 0. The highest BCUT2D eigenvalue weighted by Crippen LogP contribution is 2.59. The topological polar surface area (TPSA) is 3.24 Å². The van der Waals surface area contributed by atoms with Gasteiger partial charge < -0.3 is 4.90 Å². The summed E-state index contributed by atoms with van der Waals surface area (Å²) < 4.78 is 0. The van der Waals surface area contributed by atoms with Crippen LogP contribution in [0.15, 0.2) is 164 Å². The van der Waals surface area contributed by atoms with Gasteiger partial charge in [-0.1, -0.05) is 133 Å². The van der Waals surface area contributed by atoms with Crippen molar-refractivity contribution in [3.05, 3.63) is 180 Å². The van der Waals surface area contributed by atoms with Crippen LogP contribution in [-0.2, 0) is 0 Å². The summed E-state index contributed by atoms with van der Waals surface area (Å²) in [5, 5.41) is 0. The quantitative estimate of drug-likeness (QED) is 0.192. The molecule has 0 aliphatic heterocycles. The highest BCUT2D eigenvalue weighted by Gasteiger charge is 2.39. The summed E-state index contributed by atoms with van der Waals surface area (Å²) in [6.07, 6.45) is 4.63. The molecule has 1 nitrogen and oxygen atoms in total. The molecule has 0 N–H and O–H groups in total. The van der Waals surface area contributed by atoms with E-state index >= 15 is 0 Å². The molecule has 1 atom stereocenters. The Morgan fingerprint density at radius 1 is 0.354 bits per heavy atom. The van der Waals surface area contributed by atoms with Gasteiger partial charge in [0.15, 0.2) is 0 Å². The van der Waals surface area contributed by atoms with Gasteiger partial charge in [-0.3, -0.25) is 0 Å². The highest BCUT2D eigenvalue weighted by molar-refractivity contribution is 6.16. The molecule has 0 aromatic heterocycles. The molecule has 7 aromatic carbocycles. The molecular formula is C47H29N. The maximum atomic E-state index is 2.42. The highest BCUT2D eigenvalue weighted by atomic mass is 15.1. The Hall–Kier alpha value is -6.18. The second kappa shape index (κ2) is 9.67. The number of allylic oxidation sites excluding steroid dienone is 3. The molecule has 6 bridgehead atoms. The van der Waals surface area contributed by atoms with Crippen LogP contribution in [0.1, 0.15) is 16.7 Å². The van der Waals surface area contributed by atoms with Gasteiger partial charge in [0.2, 0.25) is 0 Å². The maximum Gasteiger partial charge on any atom is 0.0468 e. The van der Waals surface area contributed by atoms with Crippen molar-refractivity contribution in [3.8, 4) is 55.6 Å². The zero-order valence-electron chi connectivity index (χ0n) is 26.2. The Bertz CT molecular complexity index is 2530. The lowest BCUT2D eigenvalue weighted by Gasteiger charge is -2.27. The molecule has 0 amide bonds. The lowest BCUT2D eigenvalue weighted by atomic mass is 9.83. The first-order chi connectivity index (χ1) is 23.8. The lowest BCUT2D eigenvalue weighted by Crippen LogP contribution is -2.10. The first-order valence-electron chi connectivity index (χ1n) is 16.8. The minimum atomic E-state index is 0.432. The number of para-hydroxylation sites is 1. The molecule has 0 spiro atoms. The maximum absolute atomic E-state index is 2.42. The van der Waals surface area contributed by atoms with E-state index in [9.17, 15) is 0 Å². The normalized spacial score (nSPS) is 15.1. The van der Waals surface area contributed by atoms with Gasteiger partial charge in [-0.15, -0.1) is 0 Å². The third kappa shape index (κ3) is 3.56. The van der Waals surface area contributed by atoms with E-state index in [1.54, 1.807) is 0 Å². The fourth-order valence-corrected chi connectivity index (χ4v) is 8.61.